The third kappa shape index (κ3) is 3.78. The third-order valence-electron chi connectivity index (χ3n) is 5.35. The van der Waals surface area contributed by atoms with Crippen LogP contribution < -0.4 is 0 Å². The molecule has 0 aliphatic carbocycles. The Labute approximate surface area is 185 Å². The highest BCUT2D eigenvalue weighted by Crippen LogP contribution is 2.45. The van der Waals surface area contributed by atoms with Gasteiger partial charge in [0.15, 0.2) is 23.1 Å². The zero-order valence-electron chi connectivity index (χ0n) is 16.4. The number of phenols is 2. The summed E-state index contributed by atoms with van der Waals surface area (Å²) in [5, 5.41) is 19.8. The van der Waals surface area contributed by atoms with Crippen LogP contribution in [0.3, 0.4) is 0 Å². The van der Waals surface area contributed by atoms with Crippen LogP contribution in [0.15, 0.2) is 53.4 Å². The van der Waals surface area contributed by atoms with Gasteiger partial charge in [0.05, 0.1) is 26.1 Å². The Morgan fingerprint density at radius 1 is 0.867 bits per heavy atom. The van der Waals surface area contributed by atoms with Crippen LogP contribution in [0.1, 0.15) is 34.7 Å². The van der Waals surface area contributed by atoms with Crippen molar-refractivity contribution in [3.05, 3.63) is 88.0 Å². The molecule has 0 amide bonds. The van der Waals surface area contributed by atoms with E-state index in [2.05, 4.69) is 0 Å². The Hall–Kier alpha value is -2.20. The molecular weight excluding hydrogens is 525 g/mol. The monoisotopic (exact) mass is 544 g/mol. The Morgan fingerprint density at radius 3 is 1.70 bits per heavy atom. The van der Waals surface area contributed by atoms with Gasteiger partial charge in [-0.15, -0.1) is 0 Å². The van der Waals surface area contributed by atoms with Crippen LogP contribution >= 0.6 is 21.2 Å². The van der Waals surface area contributed by atoms with Gasteiger partial charge in [-0.1, -0.05) is 30.3 Å². The van der Waals surface area contributed by atoms with Gasteiger partial charge in [-0.25, -0.2) is 17.2 Å². The van der Waals surface area contributed by atoms with Gasteiger partial charge in [-0.3, -0.25) is 0 Å². The predicted octanol–water partition coefficient (Wildman–Crippen LogP) is 5.47. The number of hydrogen-bond acceptors (Lipinski definition) is 4. The van der Waals surface area contributed by atoms with Crippen molar-refractivity contribution in [3.8, 4) is 11.5 Å². The number of halogens is 3. The molecule has 0 radical (unpaired) electrons. The zero-order valence-corrected chi connectivity index (χ0v) is 19.3. The molecule has 0 unspecified atom stereocenters. The van der Waals surface area contributed by atoms with Crippen LogP contribution in [-0.4, -0.2) is 18.6 Å². The van der Waals surface area contributed by atoms with E-state index in [1.807, 2.05) is 0 Å². The molecule has 0 saturated carbocycles. The summed E-state index contributed by atoms with van der Waals surface area (Å²) < 4.78 is 53.9. The lowest BCUT2D eigenvalue weighted by atomic mass is 9.70. The van der Waals surface area contributed by atoms with Gasteiger partial charge >= 0.3 is 0 Å². The minimum Gasteiger partial charge on any atom is -0.505 e. The zero-order chi connectivity index (χ0) is 22.4. The summed E-state index contributed by atoms with van der Waals surface area (Å²) in [7, 11) is -3.71. The molecule has 0 saturated heterocycles. The predicted molar refractivity (Wildman–Crippen MR) is 119 cm³/mol. The number of hydrogen-bond donors (Lipinski definition) is 2. The first-order valence-electron chi connectivity index (χ1n) is 8.90. The minimum atomic E-state index is -3.71. The molecule has 30 heavy (non-hydrogen) atoms. The molecule has 0 aromatic heterocycles. The topological polar surface area (TPSA) is 74.6 Å². The number of benzene rings is 3. The maximum atomic E-state index is 14.5. The van der Waals surface area contributed by atoms with E-state index in [1.54, 1.807) is 25.1 Å². The van der Waals surface area contributed by atoms with E-state index in [-0.39, 0.29) is 16.0 Å². The number of rotatable bonds is 4. The van der Waals surface area contributed by atoms with Crippen LogP contribution in [0.25, 0.3) is 0 Å². The fourth-order valence-corrected chi connectivity index (χ4v) is 5.55. The van der Waals surface area contributed by atoms with Crippen LogP contribution in [0.5, 0.6) is 11.5 Å². The second-order valence-electron chi connectivity index (χ2n) is 7.31. The highest BCUT2D eigenvalue weighted by molar-refractivity contribution is 14.2. The van der Waals surface area contributed by atoms with Gasteiger partial charge in [-0.05, 0) is 66.8 Å². The summed E-state index contributed by atoms with van der Waals surface area (Å²) in [6, 6.07) is 11.5. The summed E-state index contributed by atoms with van der Waals surface area (Å²) in [6.45, 7) is 4.70. The molecule has 0 aliphatic heterocycles. The summed E-state index contributed by atoms with van der Waals surface area (Å²) >= 11 is 1.33. The molecular formula is C22H19F2IO4S. The van der Waals surface area contributed by atoms with E-state index in [4.69, 9.17) is 0 Å². The van der Waals surface area contributed by atoms with Gasteiger partial charge in [0.25, 0.3) is 0 Å². The fourth-order valence-electron chi connectivity index (χ4n) is 3.62. The highest BCUT2D eigenvalue weighted by Gasteiger charge is 2.37. The largest absolute Gasteiger partial charge is 0.505 e. The van der Waals surface area contributed by atoms with Crippen LogP contribution in [0, 0.1) is 25.5 Å². The minimum absolute atomic E-state index is 0.00497. The van der Waals surface area contributed by atoms with E-state index in [0.717, 1.165) is 12.1 Å². The number of aromatic hydroxyl groups is 2. The maximum Gasteiger partial charge on any atom is 0.231 e. The molecule has 3 rings (SSSR count). The summed E-state index contributed by atoms with van der Waals surface area (Å²) in [5.74, 6) is -2.77. The van der Waals surface area contributed by atoms with Crippen molar-refractivity contribution in [2.45, 2.75) is 31.1 Å². The quantitative estimate of drug-likeness (QED) is 0.260. The Morgan fingerprint density at radius 2 is 1.30 bits per heavy atom. The fraction of sp³-hybridized carbons (Fsp3) is 0.182. The Kier molecular flexibility index (Phi) is 5.85. The average molecular weight is 544 g/mol. The number of phenolic OH excluding ortho intramolecular Hbond substituents is 2. The standard InChI is InChI=1S/C22H19F2IO4S/c1-12-8-14(10-17(23)20(12)26)22(3,15-9-13(2)21(27)18(24)11-15)16-6-4-5-7-19(16)30(25,28)29/h4-11,26-27H,1-3H3. The van der Waals surface area contributed by atoms with Crippen LogP contribution in [0.2, 0.25) is 0 Å². The second kappa shape index (κ2) is 7.81. The number of aryl methyl sites for hydroxylation is 2. The smallest absolute Gasteiger partial charge is 0.231 e. The van der Waals surface area contributed by atoms with Crippen molar-refractivity contribution < 1.29 is 27.4 Å². The summed E-state index contributed by atoms with van der Waals surface area (Å²) in [6.07, 6.45) is 0. The molecule has 0 bridgehead atoms. The van der Waals surface area contributed by atoms with E-state index < -0.39 is 35.6 Å². The van der Waals surface area contributed by atoms with Crippen molar-refractivity contribution >= 4 is 28.2 Å². The van der Waals surface area contributed by atoms with E-state index in [9.17, 15) is 27.4 Å². The molecule has 4 nitrogen and oxygen atoms in total. The molecule has 3 aromatic rings. The molecule has 3 aromatic carbocycles. The van der Waals surface area contributed by atoms with Gasteiger partial charge in [-0.2, -0.15) is 0 Å². The van der Waals surface area contributed by atoms with E-state index in [0.29, 0.717) is 16.7 Å². The Balaban J connectivity index is 2.49. The normalized spacial score (nSPS) is 12.2. The SMILES string of the molecule is Cc1cc(C(C)(c2cc(C)c(O)c(F)c2)c2ccccc2S(=O)(=O)I)cc(F)c1O. The summed E-state index contributed by atoms with van der Waals surface area (Å²) in [5.41, 5.74) is 0.157. The van der Waals surface area contributed by atoms with Gasteiger partial charge in [0, 0.05) is 5.41 Å². The highest BCUT2D eigenvalue weighted by atomic mass is 127. The van der Waals surface area contributed by atoms with Crippen molar-refractivity contribution in [1.82, 2.24) is 0 Å². The van der Waals surface area contributed by atoms with Crippen molar-refractivity contribution in [2.24, 2.45) is 0 Å². The molecule has 0 spiro atoms. The second-order valence-corrected chi connectivity index (χ2v) is 12.1. The van der Waals surface area contributed by atoms with Gasteiger partial charge < -0.3 is 10.2 Å². The van der Waals surface area contributed by atoms with Gasteiger partial charge in [0.1, 0.15) is 0 Å². The van der Waals surface area contributed by atoms with Crippen LogP contribution in [0.4, 0.5) is 8.78 Å². The van der Waals surface area contributed by atoms with Crippen molar-refractivity contribution in [1.29, 1.82) is 0 Å². The maximum absolute atomic E-state index is 14.5. The first-order valence-corrected chi connectivity index (χ1v) is 12.9. The first-order chi connectivity index (χ1) is 13.9. The van der Waals surface area contributed by atoms with Crippen LogP contribution in [-0.2, 0) is 12.4 Å². The van der Waals surface area contributed by atoms with Crippen molar-refractivity contribution in [2.75, 3.05) is 0 Å². The molecule has 0 heterocycles. The van der Waals surface area contributed by atoms with Crippen molar-refractivity contribution in [3.63, 3.8) is 0 Å². The lowest BCUT2D eigenvalue weighted by Crippen LogP contribution is -2.28. The molecule has 8 heteroatoms. The lowest BCUT2D eigenvalue weighted by molar-refractivity contribution is 0.425. The molecule has 2 N–H and O–H groups in total. The molecule has 158 valence electrons. The third-order valence-corrected chi connectivity index (χ3v) is 7.66. The first kappa shape index (κ1) is 22.5. The molecule has 0 aliphatic rings. The molecule has 0 atom stereocenters. The van der Waals surface area contributed by atoms with E-state index >= 15 is 0 Å². The Bertz CT molecular complexity index is 1150. The average Bonchev–Trinajstić information content (AvgIpc) is 2.68. The molecule has 0 fully saturated rings. The lowest BCUT2D eigenvalue weighted by Gasteiger charge is -2.34. The van der Waals surface area contributed by atoms with Gasteiger partial charge in [0.2, 0.25) is 7.01 Å². The van der Waals surface area contributed by atoms with E-state index in [1.165, 1.54) is 53.3 Å². The summed E-state index contributed by atoms with van der Waals surface area (Å²) in [4.78, 5) is 0.00497.